The Morgan fingerprint density at radius 1 is 1.09 bits per heavy atom. The molecule has 0 fully saturated rings. The lowest BCUT2D eigenvalue weighted by atomic mass is 10.1. The standard InChI is InChI=1S/C18H30N2O2/c1-4-5-6-7-8-9-14-22-18(21)17(19)15-10-12-16(13-11-15)20(2)3/h10-13,17H,4-9,14,19H2,1-3H3. The lowest BCUT2D eigenvalue weighted by molar-refractivity contribution is -0.145. The summed E-state index contributed by atoms with van der Waals surface area (Å²) in [6.07, 6.45) is 7.04. The van der Waals surface area contributed by atoms with Crippen LogP contribution in [0.25, 0.3) is 0 Å². The van der Waals surface area contributed by atoms with Gasteiger partial charge in [0, 0.05) is 19.8 Å². The maximum absolute atomic E-state index is 11.9. The number of benzene rings is 1. The zero-order valence-corrected chi connectivity index (χ0v) is 14.2. The fourth-order valence-corrected chi connectivity index (χ4v) is 2.26. The van der Waals surface area contributed by atoms with Crippen molar-refractivity contribution in [3.63, 3.8) is 0 Å². The third kappa shape index (κ3) is 6.48. The molecule has 0 aliphatic heterocycles. The molecule has 0 spiro atoms. The molecule has 4 nitrogen and oxygen atoms in total. The highest BCUT2D eigenvalue weighted by Crippen LogP contribution is 2.17. The molecule has 0 radical (unpaired) electrons. The van der Waals surface area contributed by atoms with Crippen LogP contribution in [0.3, 0.4) is 0 Å². The molecule has 0 aromatic heterocycles. The van der Waals surface area contributed by atoms with Crippen molar-refractivity contribution < 1.29 is 9.53 Å². The van der Waals surface area contributed by atoms with Crippen LogP contribution < -0.4 is 10.6 Å². The molecule has 0 aliphatic rings. The second-order valence-corrected chi connectivity index (χ2v) is 5.90. The smallest absolute Gasteiger partial charge is 0.327 e. The summed E-state index contributed by atoms with van der Waals surface area (Å²) in [5, 5.41) is 0. The third-order valence-corrected chi connectivity index (χ3v) is 3.76. The molecule has 1 aromatic carbocycles. The summed E-state index contributed by atoms with van der Waals surface area (Å²) in [6.45, 7) is 2.67. The van der Waals surface area contributed by atoms with Crippen molar-refractivity contribution in [1.82, 2.24) is 0 Å². The number of hydrogen-bond donors (Lipinski definition) is 1. The molecule has 1 rings (SSSR count). The topological polar surface area (TPSA) is 55.6 Å². The molecule has 124 valence electrons. The van der Waals surface area contributed by atoms with E-state index in [2.05, 4.69) is 6.92 Å². The normalized spacial score (nSPS) is 12.0. The molecule has 22 heavy (non-hydrogen) atoms. The number of hydrogen-bond acceptors (Lipinski definition) is 4. The van der Waals surface area contributed by atoms with Gasteiger partial charge < -0.3 is 15.4 Å². The molecule has 0 amide bonds. The van der Waals surface area contributed by atoms with Crippen LogP contribution in [0.4, 0.5) is 5.69 Å². The molecular weight excluding hydrogens is 276 g/mol. The van der Waals surface area contributed by atoms with Crippen molar-refractivity contribution in [1.29, 1.82) is 0 Å². The van der Waals surface area contributed by atoms with Gasteiger partial charge in [0.25, 0.3) is 0 Å². The van der Waals surface area contributed by atoms with E-state index in [1.165, 1.54) is 25.7 Å². The van der Waals surface area contributed by atoms with E-state index in [0.717, 1.165) is 24.1 Å². The second kappa shape index (κ2) is 10.2. The van der Waals surface area contributed by atoms with Gasteiger partial charge in [-0.15, -0.1) is 0 Å². The Morgan fingerprint density at radius 2 is 1.68 bits per heavy atom. The molecule has 0 bridgehead atoms. The predicted molar refractivity (Wildman–Crippen MR) is 92.0 cm³/mol. The Balaban J connectivity index is 2.29. The highest BCUT2D eigenvalue weighted by Gasteiger charge is 2.17. The van der Waals surface area contributed by atoms with Crippen molar-refractivity contribution in [2.24, 2.45) is 5.73 Å². The van der Waals surface area contributed by atoms with Crippen LogP contribution in [0.15, 0.2) is 24.3 Å². The fourth-order valence-electron chi connectivity index (χ4n) is 2.26. The molecule has 1 unspecified atom stereocenters. The highest BCUT2D eigenvalue weighted by molar-refractivity contribution is 5.77. The third-order valence-electron chi connectivity index (χ3n) is 3.76. The Labute approximate surface area is 134 Å². The van der Waals surface area contributed by atoms with Gasteiger partial charge in [0.05, 0.1) is 6.61 Å². The van der Waals surface area contributed by atoms with Crippen LogP contribution in [-0.4, -0.2) is 26.7 Å². The van der Waals surface area contributed by atoms with Crippen molar-refractivity contribution in [3.05, 3.63) is 29.8 Å². The van der Waals surface area contributed by atoms with Crippen LogP contribution in [-0.2, 0) is 9.53 Å². The van der Waals surface area contributed by atoms with Gasteiger partial charge in [-0.05, 0) is 24.1 Å². The lowest BCUT2D eigenvalue weighted by Gasteiger charge is -2.15. The van der Waals surface area contributed by atoms with Gasteiger partial charge in [-0.25, -0.2) is 4.79 Å². The van der Waals surface area contributed by atoms with Crippen LogP contribution in [0.2, 0.25) is 0 Å². The number of anilines is 1. The first-order chi connectivity index (χ1) is 10.6. The lowest BCUT2D eigenvalue weighted by Crippen LogP contribution is -2.24. The molecule has 0 saturated carbocycles. The summed E-state index contributed by atoms with van der Waals surface area (Å²) in [7, 11) is 3.95. The average Bonchev–Trinajstić information content (AvgIpc) is 2.53. The summed E-state index contributed by atoms with van der Waals surface area (Å²) >= 11 is 0. The van der Waals surface area contributed by atoms with E-state index < -0.39 is 6.04 Å². The van der Waals surface area contributed by atoms with Crippen molar-refractivity contribution >= 4 is 11.7 Å². The number of ether oxygens (including phenoxy) is 1. The summed E-state index contributed by atoms with van der Waals surface area (Å²) in [4.78, 5) is 13.9. The van der Waals surface area contributed by atoms with Crippen molar-refractivity contribution in [2.75, 3.05) is 25.6 Å². The first-order valence-electron chi connectivity index (χ1n) is 8.25. The molecule has 0 aliphatic carbocycles. The number of carbonyl (C=O) groups excluding carboxylic acids is 1. The molecule has 0 heterocycles. The van der Waals surface area contributed by atoms with Crippen molar-refractivity contribution in [3.8, 4) is 0 Å². The minimum atomic E-state index is -0.698. The van der Waals surface area contributed by atoms with Gasteiger partial charge in [-0.2, -0.15) is 0 Å². The molecule has 2 N–H and O–H groups in total. The first kappa shape index (κ1) is 18.5. The molecule has 0 saturated heterocycles. The van der Waals surface area contributed by atoms with Crippen molar-refractivity contribution in [2.45, 2.75) is 51.5 Å². The maximum Gasteiger partial charge on any atom is 0.327 e. The number of carbonyl (C=O) groups is 1. The first-order valence-corrected chi connectivity index (χ1v) is 8.25. The van der Waals surface area contributed by atoms with E-state index in [0.29, 0.717) is 6.61 Å². The molecule has 4 heteroatoms. The summed E-state index contributed by atoms with van der Waals surface area (Å²) < 4.78 is 5.27. The minimum Gasteiger partial charge on any atom is -0.464 e. The number of esters is 1. The predicted octanol–water partition coefficient (Wildman–Crippen LogP) is 3.66. The Morgan fingerprint density at radius 3 is 2.27 bits per heavy atom. The van der Waals surface area contributed by atoms with E-state index in [9.17, 15) is 4.79 Å². The van der Waals surface area contributed by atoms with Crippen LogP contribution >= 0.6 is 0 Å². The van der Waals surface area contributed by atoms with Gasteiger partial charge in [0.2, 0.25) is 0 Å². The van der Waals surface area contributed by atoms with Gasteiger partial charge in [-0.3, -0.25) is 0 Å². The number of unbranched alkanes of at least 4 members (excludes halogenated alkanes) is 5. The quantitative estimate of drug-likeness (QED) is 0.529. The fraction of sp³-hybridized carbons (Fsp3) is 0.611. The van der Waals surface area contributed by atoms with Gasteiger partial charge in [0.15, 0.2) is 0 Å². The summed E-state index contributed by atoms with van der Waals surface area (Å²) in [5.74, 6) is -0.342. The number of nitrogens with two attached hydrogens (primary N) is 1. The van der Waals surface area contributed by atoms with E-state index in [-0.39, 0.29) is 5.97 Å². The van der Waals surface area contributed by atoms with E-state index in [1.54, 1.807) is 0 Å². The van der Waals surface area contributed by atoms with Gasteiger partial charge in [-0.1, -0.05) is 51.2 Å². The van der Waals surface area contributed by atoms with Gasteiger partial charge >= 0.3 is 5.97 Å². The van der Waals surface area contributed by atoms with E-state index in [4.69, 9.17) is 10.5 Å². The minimum absolute atomic E-state index is 0.342. The zero-order chi connectivity index (χ0) is 16.4. The monoisotopic (exact) mass is 306 g/mol. The van der Waals surface area contributed by atoms with Crippen LogP contribution in [0.5, 0.6) is 0 Å². The average molecular weight is 306 g/mol. The Bertz CT molecular complexity index is 429. The largest absolute Gasteiger partial charge is 0.464 e. The Hall–Kier alpha value is -1.55. The Kier molecular flexibility index (Phi) is 8.60. The maximum atomic E-state index is 11.9. The number of rotatable bonds is 10. The van der Waals surface area contributed by atoms with E-state index >= 15 is 0 Å². The SMILES string of the molecule is CCCCCCCCOC(=O)C(N)c1ccc(N(C)C)cc1. The van der Waals surface area contributed by atoms with Crippen LogP contribution in [0.1, 0.15) is 57.1 Å². The highest BCUT2D eigenvalue weighted by atomic mass is 16.5. The zero-order valence-electron chi connectivity index (χ0n) is 14.2. The van der Waals surface area contributed by atoms with E-state index in [1.807, 2.05) is 43.3 Å². The molecular formula is C18H30N2O2. The second-order valence-electron chi connectivity index (χ2n) is 5.90. The van der Waals surface area contributed by atoms with Crippen LogP contribution in [0, 0.1) is 0 Å². The molecule has 1 atom stereocenters. The number of nitrogens with zero attached hydrogens (tertiary/aromatic N) is 1. The van der Waals surface area contributed by atoms with Gasteiger partial charge in [0.1, 0.15) is 6.04 Å². The summed E-state index contributed by atoms with van der Waals surface area (Å²) in [6, 6.07) is 6.97. The summed E-state index contributed by atoms with van der Waals surface area (Å²) in [5.41, 5.74) is 7.83. The molecule has 1 aromatic rings.